The molecule has 164 valence electrons. The number of hydrogen-bond donors (Lipinski definition) is 1. The van der Waals surface area contributed by atoms with Crippen molar-refractivity contribution in [2.24, 2.45) is 5.41 Å². The smallest absolute Gasteiger partial charge is 0.176 e. The van der Waals surface area contributed by atoms with Gasteiger partial charge in [-0.3, -0.25) is 9.59 Å². The van der Waals surface area contributed by atoms with Crippen molar-refractivity contribution in [3.63, 3.8) is 0 Å². The molecule has 2 aliphatic rings. The average molecular weight is 413 g/mol. The maximum absolute atomic E-state index is 13.5. The van der Waals surface area contributed by atoms with Crippen LogP contribution in [0.3, 0.4) is 0 Å². The van der Waals surface area contributed by atoms with Crippen LogP contribution in [-0.2, 0) is 14.3 Å². The van der Waals surface area contributed by atoms with Crippen LogP contribution >= 0.6 is 0 Å². The van der Waals surface area contributed by atoms with Crippen LogP contribution in [0.25, 0.3) is 0 Å². The molecule has 2 unspecified atom stereocenters. The summed E-state index contributed by atoms with van der Waals surface area (Å²) >= 11 is 0. The molecular formula is C26H36O4. The van der Waals surface area contributed by atoms with Crippen molar-refractivity contribution in [1.29, 1.82) is 0 Å². The molecular weight excluding hydrogens is 376 g/mol. The Morgan fingerprint density at radius 2 is 1.73 bits per heavy atom. The van der Waals surface area contributed by atoms with Gasteiger partial charge in [-0.05, 0) is 74.1 Å². The molecule has 0 aromatic heterocycles. The van der Waals surface area contributed by atoms with E-state index in [0.29, 0.717) is 24.2 Å². The maximum Gasteiger partial charge on any atom is 0.176 e. The predicted molar refractivity (Wildman–Crippen MR) is 121 cm³/mol. The number of carbonyl (C=O) groups is 2. The van der Waals surface area contributed by atoms with Gasteiger partial charge in [-0.15, -0.1) is 0 Å². The third kappa shape index (κ3) is 5.21. The van der Waals surface area contributed by atoms with Crippen LogP contribution in [0.15, 0.2) is 57.6 Å². The van der Waals surface area contributed by atoms with E-state index in [4.69, 9.17) is 4.74 Å². The molecule has 2 rings (SSSR count). The topological polar surface area (TPSA) is 63.6 Å². The molecule has 0 fully saturated rings. The average Bonchev–Trinajstić information content (AvgIpc) is 2.63. The van der Waals surface area contributed by atoms with Gasteiger partial charge < -0.3 is 9.84 Å². The number of carbonyl (C=O) groups excluding carboxylic acids is 2. The SMILES string of the molecule is CC(C)=CCCC(C)=CCC1(C)C(=O)C(CC=C(C)C)=C(O)C2=C1OC(C)CC2=O. The third-order valence-electron chi connectivity index (χ3n) is 5.76. The van der Waals surface area contributed by atoms with Gasteiger partial charge in [0.05, 0.1) is 11.0 Å². The van der Waals surface area contributed by atoms with Crippen molar-refractivity contribution in [3.8, 4) is 0 Å². The first-order chi connectivity index (χ1) is 14.0. The molecule has 1 aliphatic heterocycles. The second kappa shape index (κ2) is 9.63. The predicted octanol–water partition coefficient (Wildman–Crippen LogP) is 6.46. The molecule has 2 atom stereocenters. The quantitative estimate of drug-likeness (QED) is 0.487. The number of aliphatic hydroxyl groups excluding tert-OH is 1. The summed E-state index contributed by atoms with van der Waals surface area (Å²) in [7, 11) is 0. The second-order valence-corrected chi connectivity index (χ2v) is 9.31. The summed E-state index contributed by atoms with van der Waals surface area (Å²) in [5.74, 6) is -0.181. The van der Waals surface area contributed by atoms with E-state index in [1.165, 1.54) is 11.1 Å². The molecule has 1 aliphatic carbocycles. The zero-order valence-electron chi connectivity index (χ0n) is 19.5. The molecule has 0 aromatic carbocycles. The fraction of sp³-hybridized carbons (Fsp3) is 0.538. The Balaban J connectivity index is 2.46. The summed E-state index contributed by atoms with van der Waals surface area (Å²) in [5.41, 5.74) is 3.05. The molecule has 0 bridgehead atoms. The van der Waals surface area contributed by atoms with Gasteiger partial charge in [0, 0.05) is 12.0 Å². The summed E-state index contributed by atoms with van der Waals surface area (Å²) in [6.45, 7) is 13.8. The van der Waals surface area contributed by atoms with Gasteiger partial charge in [0.25, 0.3) is 0 Å². The maximum atomic E-state index is 13.5. The normalized spacial score (nSPS) is 24.5. The minimum atomic E-state index is -0.992. The van der Waals surface area contributed by atoms with E-state index in [1.807, 2.05) is 33.8 Å². The van der Waals surface area contributed by atoms with Crippen molar-refractivity contribution in [2.75, 3.05) is 0 Å². The fourth-order valence-electron chi connectivity index (χ4n) is 3.88. The van der Waals surface area contributed by atoms with E-state index in [2.05, 4.69) is 32.9 Å². The first kappa shape index (κ1) is 23.9. The molecule has 1 N–H and O–H groups in total. The number of rotatable bonds is 7. The molecule has 1 heterocycles. The molecule has 0 amide bonds. The molecule has 4 nitrogen and oxygen atoms in total. The zero-order chi connectivity index (χ0) is 22.6. The van der Waals surface area contributed by atoms with E-state index in [-0.39, 0.29) is 35.4 Å². The van der Waals surface area contributed by atoms with Crippen LogP contribution in [0, 0.1) is 5.41 Å². The lowest BCUT2D eigenvalue weighted by Crippen LogP contribution is -2.42. The fourth-order valence-corrected chi connectivity index (χ4v) is 3.88. The van der Waals surface area contributed by atoms with E-state index in [0.717, 1.165) is 18.4 Å². The standard InChI is InChI=1S/C26H36O4/c1-16(2)9-8-10-18(5)13-14-26(7)24(29)20(12-11-17(3)4)23(28)22-21(27)15-19(6)30-25(22)26/h9,11,13,19,28H,8,10,12,14-15H2,1-7H3. The summed E-state index contributed by atoms with van der Waals surface area (Å²) < 4.78 is 6.03. The van der Waals surface area contributed by atoms with Gasteiger partial charge in [0.15, 0.2) is 11.6 Å². The molecule has 0 radical (unpaired) electrons. The highest BCUT2D eigenvalue weighted by atomic mass is 16.5. The highest BCUT2D eigenvalue weighted by Gasteiger charge is 2.50. The number of hydrogen-bond acceptors (Lipinski definition) is 4. The Morgan fingerprint density at radius 1 is 1.10 bits per heavy atom. The summed E-state index contributed by atoms with van der Waals surface area (Å²) in [6, 6.07) is 0. The Hall–Kier alpha value is -2.36. The highest BCUT2D eigenvalue weighted by Crippen LogP contribution is 2.47. The number of allylic oxidation sites excluding steroid dienone is 9. The molecule has 0 saturated carbocycles. The van der Waals surface area contributed by atoms with Crippen LogP contribution in [0.5, 0.6) is 0 Å². The summed E-state index contributed by atoms with van der Waals surface area (Å²) in [5, 5.41) is 10.8. The van der Waals surface area contributed by atoms with Crippen molar-refractivity contribution < 1.29 is 19.4 Å². The number of ether oxygens (including phenoxy) is 1. The summed E-state index contributed by atoms with van der Waals surface area (Å²) in [6.07, 6.45) is 8.73. The Morgan fingerprint density at radius 3 is 2.33 bits per heavy atom. The van der Waals surface area contributed by atoms with Gasteiger partial charge >= 0.3 is 0 Å². The van der Waals surface area contributed by atoms with E-state index in [1.54, 1.807) is 0 Å². The lowest BCUT2D eigenvalue weighted by Gasteiger charge is -2.39. The van der Waals surface area contributed by atoms with E-state index < -0.39 is 5.41 Å². The second-order valence-electron chi connectivity index (χ2n) is 9.31. The van der Waals surface area contributed by atoms with Crippen LogP contribution in [0.2, 0.25) is 0 Å². The number of ketones is 2. The van der Waals surface area contributed by atoms with E-state index >= 15 is 0 Å². The zero-order valence-corrected chi connectivity index (χ0v) is 19.5. The van der Waals surface area contributed by atoms with E-state index in [9.17, 15) is 14.7 Å². The minimum absolute atomic E-state index is 0.154. The molecule has 0 aromatic rings. The van der Waals surface area contributed by atoms with Crippen molar-refractivity contribution in [3.05, 3.63) is 57.6 Å². The van der Waals surface area contributed by atoms with Crippen molar-refractivity contribution in [2.45, 2.75) is 86.7 Å². The first-order valence-corrected chi connectivity index (χ1v) is 10.8. The third-order valence-corrected chi connectivity index (χ3v) is 5.76. The van der Waals surface area contributed by atoms with Crippen molar-refractivity contribution in [1.82, 2.24) is 0 Å². The van der Waals surface area contributed by atoms with Crippen LogP contribution in [0.1, 0.15) is 80.6 Å². The monoisotopic (exact) mass is 412 g/mol. The number of Topliss-reactive ketones (excluding diaryl/α,β-unsaturated/α-hetero) is 2. The van der Waals surface area contributed by atoms with Gasteiger partial charge in [-0.2, -0.15) is 0 Å². The van der Waals surface area contributed by atoms with Gasteiger partial charge in [0.2, 0.25) is 0 Å². The Labute approximate surface area is 181 Å². The first-order valence-electron chi connectivity index (χ1n) is 10.8. The highest BCUT2D eigenvalue weighted by molar-refractivity contribution is 6.11. The van der Waals surface area contributed by atoms with Crippen LogP contribution < -0.4 is 0 Å². The van der Waals surface area contributed by atoms with Crippen LogP contribution in [0.4, 0.5) is 0 Å². The largest absolute Gasteiger partial charge is 0.507 e. The van der Waals surface area contributed by atoms with Crippen LogP contribution in [-0.4, -0.2) is 22.8 Å². The summed E-state index contributed by atoms with van der Waals surface area (Å²) in [4.78, 5) is 26.3. The van der Waals surface area contributed by atoms with Crippen molar-refractivity contribution >= 4 is 11.6 Å². The Kier molecular flexibility index (Phi) is 7.68. The van der Waals surface area contributed by atoms with Gasteiger partial charge in [0.1, 0.15) is 17.6 Å². The molecule has 0 spiro atoms. The Bertz CT molecular complexity index is 871. The molecule has 4 heteroatoms. The minimum Gasteiger partial charge on any atom is -0.507 e. The lowest BCUT2D eigenvalue weighted by atomic mass is 9.69. The molecule has 30 heavy (non-hydrogen) atoms. The number of aliphatic hydroxyl groups is 1. The molecule has 0 saturated heterocycles. The van der Waals surface area contributed by atoms with Gasteiger partial charge in [-0.25, -0.2) is 0 Å². The lowest BCUT2D eigenvalue weighted by molar-refractivity contribution is -0.128. The van der Waals surface area contributed by atoms with Gasteiger partial charge in [-0.1, -0.05) is 34.9 Å².